The zero-order valence-corrected chi connectivity index (χ0v) is 23.3. The van der Waals surface area contributed by atoms with Gasteiger partial charge in [-0.2, -0.15) is 0 Å². The van der Waals surface area contributed by atoms with E-state index in [2.05, 4.69) is 38.9 Å². The molecule has 1 amide bonds. The molecule has 0 spiro atoms. The van der Waals surface area contributed by atoms with E-state index in [1.54, 1.807) is 18.5 Å². The van der Waals surface area contributed by atoms with Crippen molar-refractivity contribution in [1.29, 1.82) is 0 Å². The minimum atomic E-state index is -2.67. The molecule has 0 aliphatic carbocycles. The molecular formula is C29H37F2N7O2. The summed E-state index contributed by atoms with van der Waals surface area (Å²) in [6.07, 6.45) is 2.80. The zero-order chi connectivity index (χ0) is 28.3. The molecule has 5 rings (SSSR count). The zero-order valence-electron chi connectivity index (χ0n) is 23.3. The van der Waals surface area contributed by atoms with Crippen molar-refractivity contribution < 1.29 is 18.3 Å². The third-order valence-corrected chi connectivity index (χ3v) is 7.97. The fourth-order valence-corrected chi connectivity index (χ4v) is 5.49. The number of hydrogen-bond acceptors (Lipinski definition) is 8. The number of piperazine rings is 1. The topological polar surface area (TPSA) is 86.7 Å². The molecule has 2 saturated heterocycles. The summed E-state index contributed by atoms with van der Waals surface area (Å²) in [7, 11) is 1.48. The summed E-state index contributed by atoms with van der Waals surface area (Å²) in [4.78, 5) is 33.4. The standard InChI is InChI=1S/C29H37F2N7O2/c1-20(2)36-13-15-38(16-14-36)26-8-7-22-23(5-4-6-24(22)35-26)27(39)32-19-25(21-17-33-28(40-3)34-18-21)37-11-9-29(30,31)10-12-37/h4-8,17-18,20,25H,9-16,19H2,1-3H3,(H,32,39). The number of benzene rings is 1. The van der Waals surface area contributed by atoms with Crippen LogP contribution in [0.1, 0.15) is 48.7 Å². The molecule has 3 aromatic rings. The fraction of sp³-hybridized carbons (Fsp3) is 0.517. The van der Waals surface area contributed by atoms with Gasteiger partial charge in [0.15, 0.2) is 0 Å². The Morgan fingerprint density at radius 2 is 1.70 bits per heavy atom. The number of anilines is 1. The van der Waals surface area contributed by atoms with Crippen LogP contribution in [0.4, 0.5) is 14.6 Å². The van der Waals surface area contributed by atoms with Crippen LogP contribution in [0.15, 0.2) is 42.7 Å². The molecular weight excluding hydrogens is 516 g/mol. The van der Waals surface area contributed by atoms with Crippen LogP contribution in [-0.4, -0.2) is 95.5 Å². The van der Waals surface area contributed by atoms with E-state index in [1.807, 2.05) is 29.2 Å². The van der Waals surface area contributed by atoms with Gasteiger partial charge in [-0.05, 0) is 38.1 Å². The number of likely N-dealkylation sites (tertiary alicyclic amines) is 1. The van der Waals surface area contributed by atoms with E-state index in [-0.39, 0.29) is 50.4 Å². The van der Waals surface area contributed by atoms with Crippen LogP contribution < -0.4 is 15.0 Å². The summed E-state index contributed by atoms with van der Waals surface area (Å²) in [5.41, 5.74) is 2.01. The second kappa shape index (κ2) is 12.0. The Bertz CT molecular complexity index is 1300. The normalized spacial score (nSPS) is 19.1. The molecule has 0 bridgehead atoms. The number of alkyl halides is 2. The van der Waals surface area contributed by atoms with Gasteiger partial charge in [-0.1, -0.05) is 6.07 Å². The van der Waals surface area contributed by atoms with Gasteiger partial charge in [0.25, 0.3) is 11.8 Å². The van der Waals surface area contributed by atoms with Gasteiger partial charge >= 0.3 is 6.01 Å². The lowest BCUT2D eigenvalue weighted by atomic mass is 10.0. The van der Waals surface area contributed by atoms with Crippen molar-refractivity contribution >= 4 is 22.6 Å². The second-order valence-electron chi connectivity index (χ2n) is 10.8. The molecule has 2 fully saturated rings. The second-order valence-corrected chi connectivity index (χ2v) is 10.8. The predicted molar refractivity (Wildman–Crippen MR) is 150 cm³/mol. The van der Waals surface area contributed by atoms with E-state index in [0.29, 0.717) is 11.6 Å². The summed E-state index contributed by atoms with van der Waals surface area (Å²) in [6.45, 7) is 8.90. The number of pyridine rings is 1. The van der Waals surface area contributed by atoms with Gasteiger partial charge in [0.2, 0.25) is 0 Å². The Morgan fingerprint density at radius 1 is 1.00 bits per heavy atom. The summed E-state index contributed by atoms with van der Waals surface area (Å²) < 4.78 is 32.8. The molecule has 1 aromatic carbocycles. The van der Waals surface area contributed by atoms with Crippen LogP contribution in [0, 0.1) is 0 Å². The van der Waals surface area contributed by atoms with Crippen molar-refractivity contribution in [3.63, 3.8) is 0 Å². The highest BCUT2D eigenvalue weighted by Crippen LogP contribution is 2.32. The molecule has 2 aromatic heterocycles. The first-order valence-electron chi connectivity index (χ1n) is 13.9. The Balaban J connectivity index is 1.31. The molecule has 2 aliphatic rings. The molecule has 40 heavy (non-hydrogen) atoms. The largest absolute Gasteiger partial charge is 0.467 e. The number of aromatic nitrogens is 3. The Hall–Kier alpha value is -3.44. The van der Waals surface area contributed by atoms with Gasteiger partial charge in [-0.25, -0.2) is 23.7 Å². The fourth-order valence-electron chi connectivity index (χ4n) is 5.49. The molecule has 1 unspecified atom stereocenters. The minimum absolute atomic E-state index is 0.214. The maximum Gasteiger partial charge on any atom is 0.316 e. The van der Waals surface area contributed by atoms with Crippen molar-refractivity contribution in [1.82, 2.24) is 30.1 Å². The quantitative estimate of drug-likeness (QED) is 0.451. The van der Waals surface area contributed by atoms with Crippen LogP contribution in [0.2, 0.25) is 0 Å². The monoisotopic (exact) mass is 553 g/mol. The van der Waals surface area contributed by atoms with Gasteiger partial charge in [0.05, 0.1) is 18.7 Å². The molecule has 214 valence electrons. The predicted octanol–water partition coefficient (Wildman–Crippen LogP) is 3.77. The highest BCUT2D eigenvalue weighted by molar-refractivity contribution is 6.06. The van der Waals surface area contributed by atoms with Gasteiger partial charge in [-0.3, -0.25) is 14.6 Å². The van der Waals surface area contributed by atoms with Crippen molar-refractivity contribution in [3.8, 4) is 6.01 Å². The van der Waals surface area contributed by atoms with Crippen LogP contribution in [0.5, 0.6) is 6.01 Å². The SMILES string of the molecule is COc1ncc(C(CNC(=O)c2cccc3nc(N4CCN(C(C)C)CC4)ccc23)N2CCC(F)(F)CC2)cn1. The summed E-state index contributed by atoms with van der Waals surface area (Å²) in [6, 6.07) is 9.89. The first-order chi connectivity index (χ1) is 19.2. The Labute approximate surface area is 233 Å². The van der Waals surface area contributed by atoms with E-state index in [9.17, 15) is 13.6 Å². The average molecular weight is 554 g/mol. The highest BCUT2D eigenvalue weighted by atomic mass is 19.3. The average Bonchev–Trinajstić information content (AvgIpc) is 2.97. The number of nitrogens with one attached hydrogen (secondary N) is 1. The number of rotatable bonds is 8. The lowest BCUT2D eigenvalue weighted by Crippen LogP contribution is -2.49. The number of piperidine rings is 1. The molecule has 1 atom stereocenters. The summed E-state index contributed by atoms with van der Waals surface area (Å²) in [5, 5.41) is 3.80. The van der Waals surface area contributed by atoms with Crippen LogP contribution in [-0.2, 0) is 0 Å². The first-order valence-corrected chi connectivity index (χ1v) is 13.9. The third kappa shape index (κ3) is 6.31. The number of hydrogen-bond donors (Lipinski definition) is 1. The summed E-state index contributed by atoms with van der Waals surface area (Å²) >= 11 is 0. The van der Waals surface area contributed by atoms with Gasteiger partial charge in [0, 0.05) is 93.6 Å². The van der Waals surface area contributed by atoms with Gasteiger partial charge < -0.3 is 15.0 Å². The van der Waals surface area contributed by atoms with E-state index in [1.165, 1.54) is 7.11 Å². The number of carbonyl (C=O) groups is 1. The number of nitrogens with zero attached hydrogens (tertiary/aromatic N) is 6. The number of carbonyl (C=O) groups excluding carboxylic acids is 1. The van der Waals surface area contributed by atoms with E-state index < -0.39 is 5.92 Å². The third-order valence-electron chi connectivity index (χ3n) is 7.97. The van der Waals surface area contributed by atoms with E-state index in [4.69, 9.17) is 9.72 Å². The molecule has 9 nitrogen and oxygen atoms in total. The Kier molecular flexibility index (Phi) is 8.41. The van der Waals surface area contributed by atoms with Crippen LogP contribution in [0.25, 0.3) is 10.9 Å². The molecule has 1 N–H and O–H groups in total. The van der Waals surface area contributed by atoms with Gasteiger partial charge in [0.1, 0.15) is 5.82 Å². The van der Waals surface area contributed by atoms with Gasteiger partial charge in [-0.15, -0.1) is 0 Å². The number of amides is 1. The highest BCUT2D eigenvalue weighted by Gasteiger charge is 2.37. The van der Waals surface area contributed by atoms with Crippen molar-refractivity contribution in [3.05, 3.63) is 53.9 Å². The van der Waals surface area contributed by atoms with Crippen LogP contribution >= 0.6 is 0 Å². The minimum Gasteiger partial charge on any atom is -0.467 e. The Morgan fingerprint density at radius 3 is 2.35 bits per heavy atom. The van der Waals surface area contributed by atoms with Crippen molar-refractivity contribution in [2.75, 3.05) is 57.8 Å². The van der Waals surface area contributed by atoms with Crippen molar-refractivity contribution in [2.24, 2.45) is 0 Å². The lowest BCUT2D eigenvalue weighted by molar-refractivity contribution is -0.0632. The van der Waals surface area contributed by atoms with Crippen molar-refractivity contribution in [2.45, 2.75) is 44.7 Å². The molecule has 0 radical (unpaired) electrons. The molecule has 4 heterocycles. The maximum atomic E-state index is 13.9. The number of halogens is 2. The smallest absolute Gasteiger partial charge is 0.316 e. The maximum absolute atomic E-state index is 13.9. The summed E-state index contributed by atoms with van der Waals surface area (Å²) in [5.74, 6) is -2.00. The van der Waals surface area contributed by atoms with E-state index >= 15 is 0 Å². The first kappa shape index (κ1) is 28.1. The molecule has 2 aliphatic heterocycles. The number of methoxy groups -OCH3 is 1. The molecule has 11 heteroatoms. The number of ether oxygens (including phenoxy) is 1. The van der Waals surface area contributed by atoms with Crippen LogP contribution in [0.3, 0.4) is 0 Å². The molecule has 0 saturated carbocycles. The number of fused-ring (bicyclic) bond motifs is 1. The lowest BCUT2D eigenvalue weighted by Gasteiger charge is -2.37. The van der Waals surface area contributed by atoms with E-state index in [0.717, 1.165) is 48.5 Å².